The van der Waals surface area contributed by atoms with Gasteiger partial charge in [0.05, 0.1) is 5.56 Å². The van der Waals surface area contributed by atoms with E-state index in [1.807, 2.05) is 43.3 Å². The zero-order valence-corrected chi connectivity index (χ0v) is 13.0. The summed E-state index contributed by atoms with van der Waals surface area (Å²) in [6, 6.07) is 13.7. The van der Waals surface area contributed by atoms with Crippen LogP contribution >= 0.6 is 0 Å². The van der Waals surface area contributed by atoms with Gasteiger partial charge in [0, 0.05) is 0 Å². The predicted molar refractivity (Wildman–Crippen MR) is 84.8 cm³/mol. The zero-order chi connectivity index (χ0) is 16.2. The molecule has 0 bridgehead atoms. The summed E-state index contributed by atoms with van der Waals surface area (Å²) in [6.07, 6.45) is -1.59. The van der Waals surface area contributed by atoms with Crippen molar-refractivity contribution in [3.63, 3.8) is 0 Å². The topological polar surface area (TPSA) is 0 Å². The Morgan fingerprint density at radius 1 is 0.909 bits per heavy atom. The van der Waals surface area contributed by atoms with Crippen LogP contribution in [0.5, 0.6) is 0 Å². The van der Waals surface area contributed by atoms with Crippen molar-refractivity contribution in [1.82, 2.24) is 0 Å². The van der Waals surface area contributed by atoms with Crippen molar-refractivity contribution in [2.45, 2.75) is 45.2 Å². The molecule has 0 saturated carbocycles. The van der Waals surface area contributed by atoms with Crippen molar-refractivity contribution >= 4 is 0 Å². The fourth-order valence-electron chi connectivity index (χ4n) is 2.80. The van der Waals surface area contributed by atoms with Gasteiger partial charge in [-0.15, -0.1) is 0 Å². The minimum absolute atomic E-state index is 0.176. The Kier molecular flexibility index (Phi) is 5.28. The van der Waals surface area contributed by atoms with Crippen LogP contribution in [0.2, 0.25) is 0 Å². The lowest BCUT2D eigenvalue weighted by Crippen LogP contribution is -2.08. The molecular weight excluding hydrogens is 285 g/mol. The lowest BCUT2D eigenvalue weighted by atomic mass is 9.88. The van der Waals surface area contributed by atoms with Gasteiger partial charge in [-0.05, 0) is 47.6 Å². The third-order valence-corrected chi connectivity index (χ3v) is 3.99. The number of hydrogen-bond acceptors (Lipinski definition) is 0. The molecule has 0 spiro atoms. The SMILES string of the molecule is CCCC(CC)c1cc(-c2ccccc2)cc(C(F)(F)F)c1. The first-order valence-electron chi connectivity index (χ1n) is 7.73. The van der Waals surface area contributed by atoms with Crippen molar-refractivity contribution in [2.24, 2.45) is 0 Å². The number of halogens is 3. The van der Waals surface area contributed by atoms with Crippen LogP contribution in [0.25, 0.3) is 11.1 Å². The molecule has 0 aromatic heterocycles. The first kappa shape index (κ1) is 16.6. The fraction of sp³-hybridized carbons (Fsp3) is 0.368. The standard InChI is InChI=1S/C19H21F3/c1-3-8-14(4-2)16-11-17(15-9-6-5-7-10-15)13-18(12-16)19(20,21)22/h5-7,9-14H,3-4,8H2,1-2H3. The first-order valence-corrected chi connectivity index (χ1v) is 7.73. The third kappa shape index (κ3) is 3.90. The maximum atomic E-state index is 13.2. The largest absolute Gasteiger partial charge is 0.416 e. The molecule has 0 nitrogen and oxygen atoms in total. The second kappa shape index (κ2) is 6.99. The Morgan fingerprint density at radius 2 is 1.59 bits per heavy atom. The molecule has 0 saturated heterocycles. The van der Waals surface area contributed by atoms with E-state index in [2.05, 4.69) is 6.92 Å². The van der Waals surface area contributed by atoms with E-state index in [9.17, 15) is 13.2 Å². The van der Waals surface area contributed by atoms with Crippen LogP contribution in [0.3, 0.4) is 0 Å². The molecule has 0 aliphatic rings. The average molecular weight is 306 g/mol. The van der Waals surface area contributed by atoms with Gasteiger partial charge in [0.1, 0.15) is 0 Å². The van der Waals surface area contributed by atoms with Gasteiger partial charge in [-0.2, -0.15) is 13.2 Å². The minimum atomic E-state index is -4.32. The molecule has 0 heterocycles. The van der Waals surface area contributed by atoms with Crippen LogP contribution in [0.1, 0.15) is 50.2 Å². The molecule has 3 heteroatoms. The second-order valence-electron chi connectivity index (χ2n) is 5.60. The zero-order valence-electron chi connectivity index (χ0n) is 13.0. The van der Waals surface area contributed by atoms with Crippen LogP contribution in [-0.2, 0) is 6.18 Å². The Bertz CT molecular complexity index is 600. The molecule has 0 aliphatic carbocycles. The Morgan fingerprint density at radius 3 is 2.14 bits per heavy atom. The van der Waals surface area contributed by atoms with E-state index >= 15 is 0 Å². The second-order valence-corrected chi connectivity index (χ2v) is 5.60. The Balaban J connectivity index is 2.55. The summed E-state index contributed by atoms with van der Waals surface area (Å²) in [4.78, 5) is 0. The van der Waals surface area contributed by atoms with Crippen LogP contribution in [0.15, 0.2) is 48.5 Å². The van der Waals surface area contributed by atoms with Gasteiger partial charge < -0.3 is 0 Å². The van der Waals surface area contributed by atoms with E-state index < -0.39 is 11.7 Å². The van der Waals surface area contributed by atoms with Crippen LogP contribution < -0.4 is 0 Å². The average Bonchev–Trinajstić information content (AvgIpc) is 2.52. The van der Waals surface area contributed by atoms with Crippen molar-refractivity contribution in [2.75, 3.05) is 0 Å². The van der Waals surface area contributed by atoms with Gasteiger partial charge in [-0.1, -0.05) is 56.7 Å². The molecule has 22 heavy (non-hydrogen) atoms. The molecule has 118 valence electrons. The number of alkyl halides is 3. The lowest BCUT2D eigenvalue weighted by molar-refractivity contribution is -0.137. The van der Waals surface area contributed by atoms with Gasteiger partial charge in [0.15, 0.2) is 0 Å². The normalized spacial score (nSPS) is 13.1. The molecule has 0 radical (unpaired) electrons. The van der Waals surface area contributed by atoms with Gasteiger partial charge in [0.2, 0.25) is 0 Å². The highest BCUT2D eigenvalue weighted by Crippen LogP contribution is 2.36. The van der Waals surface area contributed by atoms with Crippen molar-refractivity contribution in [1.29, 1.82) is 0 Å². The lowest BCUT2D eigenvalue weighted by Gasteiger charge is -2.18. The summed E-state index contributed by atoms with van der Waals surface area (Å²) in [5, 5.41) is 0. The molecular formula is C19H21F3. The highest BCUT2D eigenvalue weighted by molar-refractivity contribution is 5.65. The summed E-state index contributed by atoms with van der Waals surface area (Å²) in [7, 11) is 0. The highest BCUT2D eigenvalue weighted by atomic mass is 19.4. The summed E-state index contributed by atoms with van der Waals surface area (Å²) in [5.41, 5.74) is 1.69. The van der Waals surface area contributed by atoms with Crippen molar-refractivity contribution in [3.8, 4) is 11.1 Å². The van der Waals surface area contributed by atoms with Crippen LogP contribution in [0.4, 0.5) is 13.2 Å². The predicted octanol–water partition coefficient (Wildman–Crippen LogP) is 6.67. The van der Waals surface area contributed by atoms with Crippen molar-refractivity contribution in [3.05, 3.63) is 59.7 Å². The molecule has 1 unspecified atom stereocenters. The van der Waals surface area contributed by atoms with Crippen molar-refractivity contribution < 1.29 is 13.2 Å². The van der Waals surface area contributed by atoms with Crippen LogP contribution in [0, 0.1) is 0 Å². The quantitative estimate of drug-likeness (QED) is 0.579. The van der Waals surface area contributed by atoms with E-state index in [0.717, 1.165) is 30.4 Å². The monoisotopic (exact) mass is 306 g/mol. The van der Waals surface area contributed by atoms with E-state index in [1.165, 1.54) is 12.1 Å². The summed E-state index contributed by atoms with van der Waals surface area (Å²) >= 11 is 0. The number of hydrogen-bond donors (Lipinski definition) is 0. The molecule has 2 rings (SSSR count). The first-order chi connectivity index (χ1) is 10.5. The Labute approximate surface area is 130 Å². The fourth-order valence-corrected chi connectivity index (χ4v) is 2.80. The van der Waals surface area contributed by atoms with E-state index in [0.29, 0.717) is 5.56 Å². The summed E-state index contributed by atoms with van der Waals surface area (Å²) < 4.78 is 39.7. The third-order valence-electron chi connectivity index (χ3n) is 3.99. The number of rotatable bonds is 5. The Hall–Kier alpha value is -1.77. The summed E-state index contributed by atoms with van der Waals surface area (Å²) in [6.45, 7) is 4.09. The van der Waals surface area contributed by atoms with Gasteiger partial charge in [-0.25, -0.2) is 0 Å². The van der Waals surface area contributed by atoms with E-state index in [1.54, 1.807) is 0 Å². The van der Waals surface area contributed by atoms with Gasteiger partial charge in [-0.3, -0.25) is 0 Å². The maximum absolute atomic E-state index is 13.2. The summed E-state index contributed by atoms with van der Waals surface area (Å²) in [5.74, 6) is 0.176. The minimum Gasteiger partial charge on any atom is -0.166 e. The molecule has 2 aromatic carbocycles. The van der Waals surface area contributed by atoms with Crippen LogP contribution in [-0.4, -0.2) is 0 Å². The molecule has 0 fully saturated rings. The highest BCUT2D eigenvalue weighted by Gasteiger charge is 2.31. The molecule has 0 aliphatic heterocycles. The molecule has 0 N–H and O–H groups in total. The van der Waals surface area contributed by atoms with E-state index in [-0.39, 0.29) is 5.92 Å². The van der Waals surface area contributed by atoms with Gasteiger partial charge >= 0.3 is 6.18 Å². The van der Waals surface area contributed by atoms with Gasteiger partial charge in [0.25, 0.3) is 0 Å². The molecule has 1 atom stereocenters. The molecule has 0 amide bonds. The van der Waals surface area contributed by atoms with E-state index in [4.69, 9.17) is 0 Å². The molecule has 2 aromatic rings. The number of benzene rings is 2. The smallest absolute Gasteiger partial charge is 0.166 e. The maximum Gasteiger partial charge on any atom is 0.416 e.